The van der Waals surface area contributed by atoms with Crippen molar-refractivity contribution in [2.45, 2.75) is 32.2 Å². The van der Waals surface area contributed by atoms with E-state index < -0.39 is 0 Å². The molecule has 2 heterocycles. The number of nitro benzene ring substituents is 1. The first-order chi connectivity index (χ1) is 10.1. The van der Waals surface area contributed by atoms with Crippen molar-refractivity contribution in [2.24, 2.45) is 0 Å². The standard InChI is InChI=1S/C15H17N3O2S/c1-10-15(11-4-2-6-13(8-11)18(19)20)17-14(21-10)9-12-5-3-7-16-12/h2,4,6,8,12,16H,3,5,7,9H2,1H3. The Morgan fingerprint density at radius 1 is 1.52 bits per heavy atom. The fraction of sp³-hybridized carbons (Fsp3) is 0.400. The van der Waals surface area contributed by atoms with E-state index in [9.17, 15) is 10.1 Å². The van der Waals surface area contributed by atoms with Crippen LogP contribution in [0.15, 0.2) is 24.3 Å². The third kappa shape index (κ3) is 3.11. The van der Waals surface area contributed by atoms with Gasteiger partial charge in [0.05, 0.1) is 15.6 Å². The zero-order valence-corrected chi connectivity index (χ0v) is 12.7. The van der Waals surface area contributed by atoms with E-state index in [1.807, 2.05) is 13.0 Å². The van der Waals surface area contributed by atoms with Crippen LogP contribution in [0.25, 0.3) is 11.3 Å². The maximum atomic E-state index is 10.9. The number of thiazole rings is 1. The Labute approximate surface area is 127 Å². The van der Waals surface area contributed by atoms with Crippen LogP contribution in [0.2, 0.25) is 0 Å². The summed E-state index contributed by atoms with van der Waals surface area (Å²) in [4.78, 5) is 16.3. The van der Waals surface area contributed by atoms with E-state index in [0.29, 0.717) is 6.04 Å². The highest BCUT2D eigenvalue weighted by Gasteiger charge is 2.18. The largest absolute Gasteiger partial charge is 0.314 e. The molecule has 0 saturated carbocycles. The molecule has 0 amide bonds. The monoisotopic (exact) mass is 303 g/mol. The minimum absolute atomic E-state index is 0.110. The van der Waals surface area contributed by atoms with Gasteiger partial charge in [0.25, 0.3) is 5.69 Å². The summed E-state index contributed by atoms with van der Waals surface area (Å²) in [6, 6.07) is 7.22. The quantitative estimate of drug-likeness (QED) is 0.695. The molecule has 1 N–H and O–H groups in total. The average molecular weight is 303 g/mol. The molecule has 3 rings (SSSR count). The van der Waals surface area contributed by atoms with Crippen LogP contribution < -0.4 is 5.32 Å². The van der Waals surface area contributed by atoms with Gasteiger partial charge in [-0.25, -0.2) is 4.98 Å². The number of hydrogen-bond acceptors (Lipinski definition) is 5. The first-order valence-electron chi connectivity index (χ1n) is 7.08. The molecule has 1 unspecified atom stereocenters. The van der Waals surface area contributed by atoms with Gasteiger partial charge in [-0.2, -0.15) is 0 Å². The van der Waals surface area contributed by atoms with Crippen molar-refractivity contribution < 1.29 is 4.92 Å². The number of aryl methyl sites for hydroxylation is 1. The molecule has 1 fully saturated rings. The van der Waals surface area contributed by atoms with Crippen LogP contribution in [0.5, 0.6) is 0 Å². The highest BCUT2D eigenvalue weighted by atomic mass is 32.1. The summed E-state index contributed by atoms with van der Waals surface area (Å²) in [7, 11) is 0. The Bertz CT molecular complexity index is 663. The molecular weight excluding hydrogens is 286 g/mol. The Morgan fingerprint density at radius 2 is 2.38 bits per heavy atom. The maximum absolute atomic E-state index is 10.9. The van der Waals surface area contributed by atoms with Crippen LogP contribution in [0.1, 0.15) is 22.7 Å². The Balaban J connectivity index is 1.86. The minimum atomic E-state index is -0.367. The molecule has 110 valence electrons. The molecule has 6 heteroatoms. The smallest absolute Gasteiger partial charge is 0.270 e. The van der Waals surface area contributed by atoms with E-state index in [1.54, 1.807) is 23.5 Å². The van der Waals surface area contributed by atoms with Crippen molar-refractivity contribution in [2.75, 3.05) is 6.54 Å². The van der Waals surface area contributed by atoms with Gasteiger partial charge in [0.15, 0.2) is 0 Å². The first kappa shape index (κ1) is 14.2. The van der Waals surface area contributed by atoms with E-state index >= 15 is 0 Å². The first-order valence-corrected chi connectivity index (χ1v) is 7.89. The topological polar surface area (TPSA) is 68.1 Å². The van der Waals surface area contributed by atoms with Crippen LogP contribution in [0, 0.1) is 17.0 Å². The molecule has 21 heavy (non-hydrogen) atoms. The summed E-state index contributed by atoms with van der Waals surface area (Å²) in [6.45, 7) is 3.12. The Hall–Kier alpha value is -1.79. The normalized spacial score (nSPS) is 18.0. The van der Waals surface area contributed by atoms with Crippen LogP contribution in [0.4, 0.5) is 5.69 Å². The molecule has 1 saturated heterocycles. The maximum Gasteiger partial charge on any atom is 0.270 e. The molecule has 1 aromatic heterocycles. The van der Waals surface area contributed by atoms with Gasteiger partial charge in [-0.15, -0.1) is 11.3 Å². The third-order valence-corrected chi connectivity index (χ3v) is 4.75. The van der Waals surface area contributed by atoms with E-state index in [-0.39, 0.29) is 10.6 Å². The molecule has 0 bridgehead atoms. The molecule has 1 atom stereocenters. The second kappa shape index (κ2) is 5.91. The predicted octanol–water partition coefficient (Wildman–Crippen LogP) is 3.32. The molecule has 0 aliphatic carbocycles. The van der Waals surface area contributed by atoms with Gasteiger partial charge in [-0.1, -0.05) is 12.1 Å². The molecule has 1 aromatic carbocycles. The fourth-order valence-electron chi connectivity index (χ4n) is 2.71. The lowest BCUT2D eigenvalue weighted by Crippen LogP contribution is -2.23. The molecule has 0 radical (unpaired) electrons. The van der Waals surface area contributed by atoms with Gasteiger partial charge >= 0.3 is 0 Å². The van der Waals surface area contributed by atoms with E-state index in [1.165, 1.54) is 18.9 Å². The lowest BCUT2D eigenvalue weighted by atomic mass is 10.1. The van der Waals surface area contributed by atoms with Crippen LogP contribution in [-0.2, 0) is 6.42 Å². The molecular formula is C15H17N3O2S. The van der Waals surface area contributed by atoms with Gasteiger partial charge in [0, 0.05) is 35.0 Å². The SMILES string of the molecule is Cc1sc(CC2CCCN2)nc1-c1cccc([N+](=O)[O-])c1. The number of rotatable bonds is 4. The predicted molar refractivity (Wildman–Crippen MR) is 83.7 cm³/mol. The number of nitrogens with zero attached hydrogens (tertiary/aromatic N) is 2. The average Bonchev–Trinajstić information content (AvgIpc) is 3.09. The second-order valence-electron chi connectivity index (χ2n) is 5.32. The van der Waals surface area contributed by atoms with Gasteiger partial charge in [-0.3, -0.25) is 10.1 Å². The van der Waals surface area contributed by atoms with Gasteiger partial charge in [-0.05, 0) is 26.3 Å². The second-order valence-corrected chi connectivity index (χ2v) is 6.60. The van der Waals surface area contributed by atoms with Gasteiger partial charge < -0.3 is 5.32 Å². The highest BCUT2D eigenvalue weighted by molar-refractivity contribution is 7.12. The molecule has 2 aromatic rings. The molecule has 1 aliphatic rings. The van der Waals surface area contributed by atoms with Gasteiger partial charge in [0.2, 0.25) is 0 Å². The van der Waals surface area contributed by atoms with E-state index in [0.717, 1.165) is 34.1 Å². The number of non-ortho nitro benzene ring substituents is 1. The van der Waals surface area contributed by atoms with Crippen molar-refractivity contribution in [3.05, 3.63) is 44.3 Å². The summed E-state index contributed by atoms with van der Waals surface area (Å²) < 4.78 is 0. The molecule has 5 nitrogen and oxygen atoms in total. The number of nitrogens with one attached hydrogen (secondary N) is 1. The van der Waals surface area contributed by atoms with Crippen molar-refractivity contribution in [1.82, 2.24) is 10.3 Å². The summed E-state index contributed by atoms with van der Waals surface area (Å²) >= 11 is 1.69. The van der Waals surface area contributed by atoms with Gasteiger partial charge in [0.1, 0.15) is 0 Å². The number of nitro groups is 1. The van der Waals surface area contributed by atoms with Crippen LogP contribution in [0.3, 0.4) is 0 Å². The van der Waals surface area contributed by atoms with Crippen molar-refractivity contribution >= 4 is 17.0 Å². The van der Waals surface area contributed by atoms with Crippen molar-refractivity contribution in [3.8, 4) is 11.3 Å². The third-order valence-electron chi connectivity index (χ3n) is 3.75. The number of benzene rings is 1. The lowest BCUT2D eigenvalue weighted by molar-refractivity contribution is -0.384. The van der Waals surface area contributed by atoms with E-state index in [4.69, 9.17) is 4.98 Å². The van der Waals surface area contributed by atoms with Crippen molar-refractivity contribution in [3.63, 3.8) is 0 Å². The Kier molecular flexibility index (Phi) is 3.98. The molecule has 0 spiro atoms. The van der Waals surface area contributed by atoms with Crippen molar-refractivity contribution in [1.29, 1.82) is 0 Å². The number of hydrogen-bond donors (Lipinski definition) is 1. The zero-order chi connectivity index (χ0) is 14.8. The summed E-state index contributed by atoms with van der Waals surface area (Å²) in [5.41, 5.74) is 1.80. The van der Waals surface area contributed by atoms with Crippen LogP contribution >= 0.6 is 11.3 Å². The zero-order valence-electron chi connectivity index (χ0n) is 11.8. The molecule has 1 aliphatic heterocycles. The summed E-state index contributed by atoms with van der Waals surface area (Å²) in [6.07, 6.45) is 3.37. The number of aromatic nitrogens is 1. The summed E-state index contributed by atoms with van der Waals surface area (Å²) in [5, 5.41) is 15.5. The summed E-state index contributed by atoms with van der Waals surface area (Å²) in [5.74, 6) is 0. The highest BCUT2D eigenvalue weighted by Crippen LogP contribution is 2.30. The minimum Gasteiger partial charge on any atom is -0.314 e. The Morgan fingerprint density at radius 3 is 3.10 bits per heavy atom. The lowest BCUT2D eigenvalue weighted by Gasteiger charge is -2.06. The fourth-order valence-corrected chi connectivity index (χ4v) is 3.75. The van der Waals surface area contributed by atoms with E-state index in [2.05, 4.69) is 5.32 Å². The van der Waals surface area contributed by atoms with Crippen LogP contribution in [-0.4, -0.2) is 22.5 Å².